The minimum atomic E-state index is -0.0464. The normalized spacial score (nSPS) is 12.7. The first-order chi connectivity index (χ1) is 5.63. The van der Waals surface area contributed by atoms with Crippen LogP contribution >= 0.6 is 0 Å². The van der Waals surface area contributed by atoms with Crippen molar-refractivity contribution in [3.63, 3.8) is 0 Å². The van der Waals surface area contributed by atoms with Crippen LogP contribution in [-0.4, -0.2) is 37.0 Å². The van der Waals surface area contributed by atoms with E-state index in [-0.39, 0.29) is 11.9 Å². The highest BCUT2D eigenvalue weighted by Gasteiger charge is 2.14. The van der Waals surface area contributed by atoms with Gasteiger partial charge in [0.25, 0.3) is 0 Å². The first-order valence-electron chi connectivity index (χ1n) is 4.61. The minimum Gasteiger partial charge on any atom is -0.345 e. The van der Waals surface area contributed by atoms with Crippen molar-refractivity contribution in [2.24, 2.45) is 0 Å². The zero-order valence-electron chi connectivity index (χ0n) is 8.55. The van der Waals surface area contributed by atoms with E-state index in [1.807, 2.05) is 20.9 Å². The Bertz CT molecular complexity index is 136. The molecule has 0 aliphatic heterocycles. The highest BCUT2D eigenvalue weighted by atomic mass is 16.2. The van der Waals surface area contributed by atoms with Gasteiger partial charge in [0.05, 0.1) is 6.04 Å². The van der Waals surface area contributed by atoms with Crippen molar-refractivity contribution in [2.75, 3.05) is 20.1 Å². The lowest BCUT2D eigenvalue weighted by Gasteiger charge is -2.20. The van der Waals surface area contributed by atoms with Crippen LogP contribution in [0, 0.1) is 0 Å². The summed E-state index contributed by atoms with van der Waals surface area (Å²) < 4.78 is 0. The molecule has 0 aromatic rings. The third-order valence-corrected chi connectivity index (χ3v) is 1.92. The number of amides is 1. The van der Waals surface area contributed by atoms with E-state index in [2.05, 4.69) is 12.2 Å². The topological polar surface area (TPSA) is 32.3 Å². The lowest BCUT2D eigenvalue weighted by Crippen LogP contribution is -2.43. The lowest BCUT2D eigenvalue weighted by molar-refractivity contribution is -0.131. The highest BCUT2D eigenvalue weighted by Crippen LogP contribution is 1.91. The third-order valence-electron chi connectivity index (χ3n) is 1.92. The molecule has 1 N–H and O–H groups in total. The molecule has 0 saturated heterocycles. The van der Waals surface area contributed by atoms with Crippen molar-refractivity contribution >= 4 is 5.91 Å². The van der Waals surface area contributed by atoms with Gasteiger partial charge < -0.3 is 10.2 Å². The van der Waals surface area contributed by atoms with Gasteiger partial charge in [-0.05, 0) is 26.8 Å². The first kappa shape index (κ1) is 11.4. The number of carbonyl (C=O) groups is 1. The zero-order chi connectivity index (χ0) is 9.56. The lowest BCUT2D eigenvalue weighted by atomic mass is 10.3. The van der Waals surface area contributed by atoms with Crippen LogP contribution in [0.15, 0.2) is 0 Å². The van der Waals surface area contributed by atoms with Gasteiger partial charge in [0, 0.05) is 13.6 Å². The second-order valence-corrected chi connectivity index (χ2v) is 3.03. The molecule has 3 nitrogen and oxygen atoms in total. The molecule has 12 heavy (non-hydrogen) atoms. The second kappa shape index (κ2) is 6.00. The van der Waals surface area contributed by atoms with E-state index in [0.29, 0.717) is 0 Å². The Balaban J connectivity index is 3.75. The summed E-state index contributed by atoms with van der Waals surface area (Å²) in [5, 5.41) is 3.16. The Morgan fingerprint density at radius 3 is 2.50 bits per heavy atom. The van der Waals surface area contributed by atoms with Crippen LogP contribution in [0.5, 0.6) is 0 Å². The van der Waals surface area contributed by atoms with Crippen molar-refractivity contribution in [1.29, 1.82) is 0 Å². The van der Waals surface area contributed by atoms with Crippen LogP contribution in [0.3, 0.4) is 0 Å². The van der Waals surface area contributed by atoms with E-state index >= 15 is 0 Å². The van der Waals surface area contributed by atoms with Gasteiger partial charge in [0.1, 0.15) is 0 Å². The molecule has 0 aromatic carbocycles. The number of carbonyl (C=O) groups excluding carboxylic acids is 1. The fourth-order valence-electron chi connectivity index (χ4n) is 0.935. The van der Waals surface area contributed by atoms with Gasteiger partial charge in [-0.15, -0.1) is 0 Å². The molecule has 0 rings (SSSR count). The summed E-state index contributed by atoms with van der Waals surface area (Å²) in [6.45, 7) is 7.66. The van der Waals surface area contributed by atoms with Gasteiger partial charge >= 0.3 is 0 Å². The Kier molecular flexibility index (Phi) is 5.72. The number of likely N-dealkylation sites (N-methyl/N-ethyl adjacent to an activating group) is 1. The molecule has 0 aromatic heterocycles. The summed E-state index contributed by atoms with van der Waals surface area (Å²) in [6, 6.07) is -0.0464. The number of nitrogens with zero attached hydrogens (tertiary/aromatic N) is 1. The Morgan fingerprint density at radius 1 is 1.50 bits per heavy atom. The SMILES string of the molecule is CCCNC(C)C(=O)N(C)CC. The maximum atomic E-state index is 11.4. The van der Waals surface area contributed by atoms with Crippen LogP contribution in [0.1, 0.15) is 27.2 Å². The van der Waals surface area contributed by atoms with E-state index in [1.54, 1.807) is 4.90 Å². The van der Waals surface area contributed by atoms with Gasteiger partial charge in [-0.1, -0.05) is 6.92 Å². The molecule has 0 radical (unpaired) electrons. The number of hydrogen-bond donors (Lipinski definition) is 1. The van der Waals surface area contributed by atoms with Crippen molar-refractivity contribution < 1.29 is 4.79 Å². The second-order valence-electron chi connectivity index (χ2n) is 3.03. The third kappa shape index (κ3) is 3.72. The number of hydrogen-bond acceptors (Lipinski definition) is 2. The molecule has 1 atom stereocenters. The summed E-state index contributed by atoms with van der Waals surface area (Å²) in [4.78, 5) is 13.2. The van der Waals surface area contributed by atoms with Crippen LogP contribution in [0.25, 0.3) is 0 Å². The maximum Gasteiger partial charge on any atom is 0.239 e. The minimum absolute atomic E-state index is 0.0464. The summed E-state index contributed by atoms with van der Waals surface area (Å²) >= 11 is 0. The summed E-state index contributed by atoms with van der Waals surface area (Å²) in [7, 11) is 1.83. The fourth-order valence-corrected chi connectivity index (χ4v) is 0.935. The fraction of sp³-hybridized carbons (Fsp3) is 0.889. The molecule has 1 unspecified atom stereocenters. The molecule has 3 heteroatoms. The van der Waals surface area contributed by atoms with E-state index in [1.165, 1.54) is 0 Å². The van der Waals surface area contributed by atoms with E-state index < -0.39 is 0 Å². The molecule has 0 aliphatic carbocycles. The predicted molar refractivity (Wildman–Crippen MR) is 51.1 cm³/mol. The summed E-state index contributed by atoms with van der Waals surface area (Å²) in [6.07, 6.45) is 1.06. The van der Waals surface area contributed by atoms with Gasteiger partial charge in [0.2, 0.25) is 5.91 Å². The summed E-state index contributed by atoms with van der Waals surface area (Å²) in [5.74, 6) is 0.172. The largest absolute Gasteiger partial charge is 0.345 e. The van der Waals surface area contributed by atoms with Crippen molar-refractivity contribution in [2.45, 2.75) is 33.2 Å². The molecule has 0 fully saturated rings. The molecule has 1 amide bonds. The van der Waals surface area contributed by atoms with Gasteiger partial charge in [-0.25, -0.2) is 0 Å². The monoisotopic (exact) mass is 172 g/mol. The zero-order valence-corrected chi connectivity index (χ0v) is 8.55. The van der Waals surface area contributed by atoms with Crippen LogP contribution in [-0.2, 0) is 4.79 Å². The maximum absolute atomic E-state index is 11.4. The van der Waals surface area contributed by atoms with Crippen LogP contribution in [0.4, 0.5) is 0 Å². The predicted octanol–water partition coefficient (Wildman–Crippen LogP) is 0.853. The average molecular weight is 172 g/mol. The van der Waals surface area contributed by atoms with Gasteiger partial charge in [0.15, 0.2) is 0 Å². The number of nitrogens with one attached hydrogen (secondary N) is 1. The molecule has 0 aliphatic rings. The van der Waals surface area contributed by atoms with E-state index in [4.69, 9.17) is 0 Å². The average Bonchev–Trinajstić information content (AvgIpc) is 2.11. The molecule has 0 spiro atoms. The molecule has 72 valence electrons. The Labute approximate surface area is 75.1 Å². The summed E-state index contributed by atoms with van der Waals surface area (Å²) in [5.41, 5.74) is 0. The van der Waals surface area contributed by atoms with E-state index in [9.17, 15) is 4.79 Å². The molecule has 0 bridgehead atoms. The van der Waals surface area contributed by atoms with Crippen molar-refractivity contribution in [3.8, 4) is 0 Å². The van der Waals surface area contributed by atoms with Gasteiger partial charge in [-0.3, -0.25) is 4.79 Å². The molecule has 0 saturated carbocycles. The van der Waals surface area contributed by atoms with Crippen LogP contribution < -0.4 is 5.32 Å². The van der Waals surface area contributed by atoms with Crippen molar-refractivity contribution in [3.05, 3.63) is 0 Å². The molecular formula is C9H20N2O. The standard InChI is InChI=1S/C9H20N2O/c1-5-7-10-8(3)9(12)11(4)6-2/h8,10H,5-7H2,1-4H3. The van der Waals surface area contributed by atoms with E-state index in [0.717, 1.165) is 19.5 Å². The first-order valence-corrected chi connectivity index (χ1v) is 4.61. The molecular weight excluding hydrogens is 152 g/mol. The highest BCUT2D eigenvalue weighted by molar-refractivity contribution is 5.81. The number of rotatable bonds is 5. The van der Waals surface area contributed by atoms with Gasteiger partial charge in [-0.2, -0.15) is 0 Å². The Hall–Kier alpha value is -0.570. The molecule has 0 heterocycles. The van der Waals surface area contributed by atoms with Crippen LogP contribution in [0.2, 0.25) is 0 Å². The van der Waals surface area contributed by atoms with Crippen molar-refractivity contribution in [1.82, 2.24) is 10.2 Å². The Morgan fingerprint density at radius 2 is 2.08 bits per heavy atom. The smallest absolute Gasteiger partial charge is 0.239 e. The quantitative estimate of drug-likeness (QED) is 0.667.